The van der Waals surface area contributed by atoms with Crippen LogP contribution in [0.25, 0.3) is 0 Å². The lowest BCUT2D eigenvalue weighted by atomic mass is 9.99. The summed E-state index contributed by atoms with van der Waals surface area (Å²) in [5.41, 5.74) is 1.21. The van der Waals surface area contributed by atoms with Crippen molar-refractivity contribution in [3.8, 4) is 0 Å². The first-order valence-electron chi connectivity index (χ1n) is 8.86. The van der Waals surface area contributed by atoms with E-state index in [0.717, 1.165) is 37.8 Å². The molecule has 0 aliphatic carbocycles. The molecule has 3 aliphatic rings. The van der Waals surface area contributed by atoms with Crippen LogP contribution in [0.15, 0.2) is 24.4 Å². The van der Waals surface area contributed by atoms with Gasteiger partial charge in [0, 0.05) is 57.7 Å². The smallest absolute Gasteiger partial charge is 0.0544 e. The van der Waals surface area contributed by atoms with Gasteiger partial charge in [0.05, 0.1) is 5.69 Å². The van der Waals surface area contributed by atoms with Crippen LogP contribution in [0.5, 0.6) is 0 Å². The van der Waals surface area contributed by atoms with E-state index in [-0.39, 0.29) is 0 Å². The largest absolute Gasteiger partial charge is 0.381 e. The fourth-order valence-corrected chi connectivity index (χ4v) is 4.55. The molecule has 1 aromatic rings. The van der Waals surface area contributed by atoms with Crippen molar-refractivity contribution in [3.63, 3.8) is 0 Å². The van der Waals surface area contributed by atoms with Crippen LogP contribution < -0.4 is 0 Å². The van der Waals surface area contributed by atoms with Crippen molar-refractivity contribution < 1.29 is 4.74 Å². The summed E-state index contributed by atoms with van der Waals surface area (Å²) in [7, 11) is 0. The van der Waals surface area contributed by atoms with Gasteiger partial charge in [-0.2, -0.15) is 0 Å². The minimum Gasteiger partial charge on any atom is -0.381 e. The molecular formula is C18H27N3O. The average Bonchev–Trinajstić information content (AvgIpc) is 3.14. The SMILES string of the molecule is c1ccc(CN2CC[C@H]3[C@H]2CCN3CC2CCOCC2)nc1. The highest BCUT2D eigenvalue weighted by atomic mass is 16.5. The third kappa shape index (κ3) is 3.05. The molecule has 0 unspecified atom stereocenters. The maximum Gasteiger partial charge on any atom is 0.0544 e. The van der Waals surface area contributed by atoms with Crippen LogP contribution in [-0.2, 0) is 11.3 Å². The molecule has 3 aliphatic heterocycles. The quantitative estimate of drug-likeness (QED) is 0.852. The molecule has 120 valence electrons. The highest BCUT2D eigenvalue weighted by Crippen LogP contribution is 2.33. The van der Waals surface area contributed by atoms with Gasteiger partial charge in [0.25, 0.3) is 0 Å². The van der Waals surface area contributed by atoms with Gasteiger partial charge in [-0.1, -0.05) is 6.07 Å². The first-order valence-corrected chi connectivity index (χ1v) is 8.86. The van der Waals surface area contributed by atoms with Gasteiger partial charge in [-0.15, -0.1) is 0 Å². The molecule has 4 rings (SSSR count). The van der Waals surface area contributed by atoms with Crippen molar-refractivity contribution in [2.75, 3.05) is 32.8 Å². The van der Waals surface area contributed by atoms with Gasteiger partial charge < -0.3 is 4.74 Å². The number of pyridine rings is 1. The molecule has 0 bridgehead atoms. The molecule has 3 saturated heterocycles. The molecule has 0 saturated carbocycles. The molecule has 0 radical (unpaired) electrons. The van der Waals surface area contributed by atoms with Crippen LogP contribution in [0, 0.1) is 5.92 Å². The van der Waals surface area contributed by atoms with E-state index in [1.807, 2.05) is 12.3 Å². The Labute approximate surface area is 133 Å². The Morgan fingerprint density at radius 2 is 1.77 bits per heavy atom. The van der Waals surface area contributed by atoms with E-state index in [1.54, 1.807) is 0 Å². The lowest BCUT2D eigenvalue weighted by Crippen LogP contribution is -2.39. The second-order valence-electron chi connectivity index (χ2n) is 7.05. The zero-order valence-corrected chi connectivity index (χ0v) is 13.4. The van der Waals surface area contributed by atoms with Crippen molar-refractivity contribution in [2.24, 2.45) is 5.92 Å². The van der Waals surface area contributed by atoms with Crippen molar-refractivity contribution in [1.29, 1.82) is 0 Å². The van der Waals surface area contributed by atoms with Gasteiger partial charge in [0.15, 0.2) is 0 Å². The Morgan fingerprint density at radius 1 is 1.00 bits per heavy atom. The normalized spacial score (nSPS) is 30.7. The van der Waals surface area contributed by atoms with Gasteiger partial charge in [-0.3, -0.25) is 14.8 Å². The Kier molecular flexibility index (Phi) is 4.42. The van der Waals surface area contributed by atoms with Crippen LogP contribution in [-0.4, -0.2) is 59.7 Å². The topological polar surface area (TPSA) is 28.6 Å². The molecule has 0 amide bonds. The minimum absolute atomic E-state index is 0.752. The highest BCUT2D eigenvalue weighted by Gasteiger charge is 2.42. The molecule has 4 nitrogen and oxygen atoms in total. The average molecular weight is 301 g/mol. The Hall–Kier alpha value is -0.970. The fourth-order valence-electron chi connectivity index (χ4n) is 4.55. The van der Waals surface area contributed by atoms with Crippen LogP contribution in [0.2, 0.25) is 0 Å². The van der Waals surface area contributed by atoms with Crippen molar-refractivity contribution in [1.82, 2.24) is 14.8 Å². The number of nitrogens with zero attached hydrogens (tertiary/aromatic N) is 3. The molecule has 0 spiro atoms. The van der Waals surface area contributed by atoms with Crippen molar-refractivity contribution >= 4 is 0 Å². The Balaban J connectivity index is 1.35. The van der Waals surface area contributed by atoms with E-state index in [4.69, 9.17) is 4.74 Å². The summed E-state index contributed by atoms with van der Waals surface area (Å²) in [5.74, 6) is 0.859. The zero-order chi connectivity index (χ0) is 14.8. The number of hydrogen-bond acceptors (Lipinski definition) is 4. The van der Waals surface area contributed by atoms with Gasteiger partial charge in [-0.05, 0) is 43.7 Å². The lowest BCUT2D eigenvalue weighted by Gasteiger charge is -2.30. The van der Waals surface area contributed by atoms with Gasteiger partial charge in [0.2, 0.25) is 0 Å². The van der Waals surface area contributed by atoms with E-state index in [1.165, 1.54) is 51.0 Å². The maximum absolute atomic E-state index is 5.50. The van der Waals surface area contributed by atoms with Crippen LogP contribution in [0.4, 0.5) is 0 Å². The summed E-state index contributed by atoms with van der Waals surface area (Å²) >= 11 is 0. The van der Waals surface area contributed by atoms with E-state index in [0.29, 0.717) is 0 Å². The summed E-state index contributed by atoms with van der Waals surface area (Å²) < 4.78 is 5.50. The molecule has 4 heterocycles. The molecular weight excluding hydrogens is 274 g/mol. The van der Waals surface area contributed by atoms with Crippen molar-refractivity contribution in [3.05, 3.63) is 30.1 Å². The lowest BCUT2D eigenvalue weighted by molar-refractivity contribution is 0.0504. The van der Waals surface area contributed by atoms with Gasteiger partial charge >= 0.3 is 0 Å². The van der Waals surface area contributed by atoms with Gasteiger partial charge in [-0.25, -0.2) is 0 Å². The van der Waals surface area contributed by atoms with E-state index in [9.17, 15) is 0 Å². The fraction of sp³-hybridized carbons (Fsp3) is 0.722. The second kappa shape index (κ2) is 6.65. The van der Waals surface area contributed by atoms with Crippen molar-refractivity contribution in [2.45, 2.75) is 44.3 Å². The standard InChI is InChI=1S/C18H27N3O/c1-2-8-19-16(3-1)14-21-10-5-17-18(21)4-9-20(17)13-15-6-11-22-12-7-15/h1-3,8,15,17-18H,4-7,9-14H2/t17-,18+/m0/s1. The molecule has 22 heavy (non-hydrogen) atoms. The van der Waals surface area contributed by atoms with E-state index < -0.39 is 0 Å². The highest BCUT2D eigenvalue weighted by molar-refractivity contribution is 5.06. The van der Waals surface area contributed by atoms with E-state index in [2.05, 4.69) is 26.9 Å². The minimum atomic E-state index is 0.752. The zero-order valence-electron chi connectivity index (χ0n) is 13.4. The molecule has 4 heteroatoms. The van der Waals surface area contributed by atoms with Gasteiger partial charge in [0.1, 0.15) is 0 Å². The molecule has 1 aromatic heterocycles. The number of rotatable bonds is 4. The van der Waals surface area contributed by atoms with Crippen LogP contribution in [0.1, 0.15) is 31.4 Å². The predicted octanol–water partition coefficient (Wildman–Crippen LogP) is 2.16. The number of hydrogen-bond donors (Lipinski definition) is 0. The predicted molar refractivity (Wildman–Crippen MR) is 86.6 cm³/mol. The first-order chi connectivity index (χ1) is 10.9. The van der Waals surface area contributed by atoms with Crippen LogP contribution >= 0.6 is 0 Å². The third-order valence-corrected chi connectivity index (χ3v) is 5.73. The number of ether oxygens (including phenoxy) is 1. The number of aromatic nitrogens is 1. The number of fused-ring (bicyclic) bond motifs is 1. The monoisotopic (exact) mass is 301 g/mol. The first kappa shape index (κ1) is 14.6. The Bertz CT molecular complexity index is 474. The summed E-state index contributed by atoms with van der Waals surface area (Å²) in [6, 6.07) is 7.79. The van der Waals surface area contributed by atoms with E-state index >= 15 is 0 Å². The Morgan fingerprint density at radius 3 is 2.55 bits per heavy atom. The third-order valence-electron chi connectivity index (χ3n) is 5.73. The molecule has 2 atom stereocenters. The summed E-state index contributed by atoms with van der Waals surface area (Å²) in [6.07, 6.45) is 7.09. The number of likely N-dealkylation sites (tertiary alicyclic amines) is 2. The van der Waals surface area contributed by atoms with Crippen LogP contribution in [0.3, 0.4) is 0 Å². The summed E-state index contributed by atoms with van der Waals surface area (Å²) in [5, 5.41) is 0. The molecule has 0 N–H and O–H groups in total. The summed E-state index contributed by atoms with van der Waals surface area (Å²) in [4.78, 5) is 9.94. The molecule has 0 aromatic carbocycles. The second-order valence-corrected chi connectivity index (χ2v) is 7.05. The maximum atomic E-state index is 5.50. The summed E-state index contributed by atoms with van der Waals surface area (Å²) in [6.45, 7) is 6.77. The molecule has 3 fully saturated rings.